The fourth-order valence-corrected chi connectivity index (χ4v) is 2.93. The summed E-state index contributed by atoms with van der Waals surface area (Å²) in [5, 5.41) is 0. The molecule has 6 heteroatoms. The first-order valence-corrected chi connectivity index (χ1v) is 8.02. The molecule has 0 saturated heterocycles. The van der Waals surface area contributed by atoms with Crippen molar-refractivity contribution in [2.75, 3.05) is 6.54 Å². The van der Waals surface area contributed by atoms with Gasteiger partial charge in [-0.15, -0.1) is 0 Å². The number of halogens is 2. The second kappa shape index (κ2) is 6.09. The maximum Gasteiger partial charge on any atom is 0.255 e. The zero-order valence-corrected chi connectivity index (χ0v) is 14.1. The molecule has 3 rings (SSSR count). The van der Waals surface area contributed by atoms with Crippen molar-refractivity contribution in [2.24, 2.45) is 0 Å². The van der Waals surface area contributed by atoms with Gasteiger partial charge >= 0.3 is 0 Å². The van der Waals surface area contributed by atoms with E-state index in [0.29, 0.717) is 43.0 Å². The highest BCUT2D eigenvalue weighted by molar-refractivity contribution is 5.24. The fourth-order valence-electron chi connectivity index (χ4n) is 2.93. The lowest BCUT2D eigenvalue weighted by molar-refractivity contribution is 0.240. The predicted molar refractivity (Wildman–Crippen MR) is 87.7 cm³/mol. The van der Waals surface area contributed by atoms with Crippen LogP contribution in [0.4, 0.5) is 8.78 Å². The van der Waals surface area contributed by atoms with Crippen LogP contribution in [0, 0.1) is 11.6 Å². The first-order chi connectivity index (χ1) is 11.2. The average Bonchev–Trinajstić information content (AvgIpc) is 2.45. The van der Waals surface area contributed by atoms with Crippen LogP contribution in [0.2, 0.25) is 0 Å². The van der Waals surface area contributed by atoms with E-state index in [2.05, 4.69) is 9.97 Å². The maximum atomic E-state index is 13.3. The number of benzene rings is 1. The molecule has 1 N–H and O–H groups in total. The Bertz CT molecular complexity index is 804. The van der Waals surface area contributed by atoms with Crippen LogP contribution < -0.4 is 5.56 Å². The van der Waals surface area contributed by atoms with E-state index in [1.165, 1.54) is 12.1 Å². The highest BCUT2D eigenvalue weighted by Gasteiger charge is 2.24. The lowest BCUT2D eigenvalue weighted by Gasteiger charge is -2.29. The van der Waals surface area contributed by atoms with Gasteiger partial charge in [0.15, 0.2) is 0 Å². The van der Waals surface area contributed by atoms with Gasteiger partial charge < -0.3 is 4.98 Å². The third kappa shape index (κ3) is 3.53. The van der Waals surface area contributed by atoms with E-state index in [1.54, 1.807) is 0 Å². The minimum absolute atomic E-state index is 0.125. The Labute approximate surface area is 139 Å². The Balaban J connectivity index is 1.83. The van der Waals surface area contributed by atoms with E-state index < -0.39 is 11.6 Å². The number of fused-ring (bicyclic) bond motifs is 1. The summed E-state index contributed by atoms with van der Waals surface area (Å²) in [5.74, 6) is -0.486. The number of hydrogen-bond acceptors (Lipinski definition) is 3. The molecule has 0 spiro atoms. The summed E-state index contributed by atoms with van der Waals surface area (Å²) in [7, 11) is 0. The smallest absolute Gasteiger partial charge is 0.255 e. The molecule has 0 bridgehead atoms. The molecule has 0 fully saturated rings. The molecule has 0 unspecified atom stereocenters. The van der Waals surface area contributed by atoms with E-state index in [1.807, 2.05) is 25.7 Å². The van der Waals surface area contributed by atoms with Gasteiger partial charge in [-0.3, -0.25) is 9.69 Å². The monoisotopic (exact) mass is 333 g/mol. The van der Waals surface area contributed by atoms with Gasteiger partial charge in [0.05, 0.1) is 11.3 Å². The summed E-state index contributed by atoms with van der Waals surface area (Å²) in [6.45, 7) is 7.54. The van der Waals surface area contributed by atoms with Crippen molar-refractivity contribution in [1.29, 1.82) is 0 Å². The second-order valence-electron chi connectivity index (χ2n) is 7.33. The molecule has 2 aromatic rings. The van der Waals surface area contributed by atoms with Crippen molar-refractivity contribution in [1.82, 2.24) is 14.9 Å². The minimum Gasteiger partial charge on any atom is -0.310 e. The molecule has 4 nitrogen and oxygen atoms in total. The van der Waals surface area contributed by atoms with E-state index in [4.69, 9.17) is 0 Å². The summed E-state index contributed by atoms with van der Waals surface area (Å²) < 4.78 is 26.6. The zero-order chi connectivity index (χ0) is 17.5. The van der Waals surface area contributed by atoms with Crippen molar-refractivity contribution in [3.05, 3.63) is 62.8 Å². The number of nitrogens with zero attached hydrogens (tertiary/aromatic N) is 2. The molecule has 0 radical (unpaired) electrons. The van der Waals surface area contributed by atoms with Crippen molar-refractivity contribution in [3.8, 4) is 0 Å². The summed E-state index contributed by atoms with van der Waals surface area (Å²) in [5.41, 5.74) is 1.69. The molecular formula is C18H21F2N3O. The van der Waals surface area contributed by atoms with E-state index >= 15 is 0 Å². The number of H-pyrrole nitrogens is 1. The van der Waals surface area contributed by atoms with Crippen molar-refractivity contribution in [2.45, 2.75) is 45.7 Å². The van der Waals surface area contributed by atoms with Crippen LogP contribution in [0.15, 0.2) is 23.0 Å². The van der Waals surface area contributed by atoms with Crippen LogP contribution in [0.3, 0.4) is 0 Å². The molecule has 1 aliphatic heterocycles. The third-order valence-electron chi connectivity index (χ3n) is 4.19. The van der Waals surface area contributed by atoms with Crippen molar-refractivity contribution >= 4 is 0 Å². The molecule has 1 aromatic carbocycles. The molecule has 0 saturated carbocycles. The quantitative estimate of drug-likeness (QED) is 0.919. The van der Waals surface area contributed by atoms with Crippen LogP contribution >= 0.6 is 0 Å². The Kier molecular flexibility index (Phi) is 4.25. The van der Waals surface area contributed by atoms with Crippen molar-refractivity contribution in [3.63, 3.8) is 0 Å². The summed E-state index contributed by atoms with van der Waals surface area (Å²) in [6, 6.07) is 3.51. The molecular weight excluding hydrogens is 312 g/mol. The summed E-state index contributed by atoms with van der Waals surface area (Å²) >= 11 is 0. The second-order valence-corrected chi connectivity index (χ2v) is 7.33. The van der Waals surface area contributed by atoms with Gasteiger partial charge in [0.1, 0.15) is 17.5 Å². The highest BCUT2D eigenvalue weighted by Crippen LogP contribution is 2.21. The van der Waals surface area contributed by atoms with E-state index in [-0.39, 0.29) is 11.0 Å². The lowest BCUT2D eigenvalue weighted by atomic mass is 9.95. The van der Waals surface area contributed by atoms with Gasteiger partial charge in [-0.1, -0.05) is 20.8 Å². The largest absolute Gasteiger partial charge is 0.310 e. The standard InChI is InChI=1S/C18H21F2N3O/c1-18(2,3)17-21-15-4-5-23(10-14(15)16(24)22-17)9-11-6-12(19)8-13(20)7-11/h6-8H,4-5,9-10H2,1-3H3,(H,21,22,24). The molecule has 128 valence electrons. The van der Waals surface area contributed by atoms with Crippen LogP contribution in [0.25, 0.3) is 0 Å². The average molecular weight is 333 g/mol. The van der Waals surface area contributed by atoms with Gasteiger partial charge in [-0.2, -0.15) is 0 Å². The van der Waals surface area contributed by atoms with Gasteiger partial charge in [0.2, 0.25) is 0 Å². The number of rotatable bonds is 2. The molecule has 0 amide bonds. The Morgan fingerprint density at radius 2 is 1.88 bits per heavy atom. The highest BCUT2D eigenvalue weighted by atomic mass is 19.1. The Morgan fingerprint density at radius 3 is 2.50 bits per heavy atom. The Morgan fingerprint density at radius 1 is 1.21 bits per heavy atom. The van der Waals surface area contributed by atoms with Gasteiger partial charge in [0.25, 0.3) is 5.56 Å². The lowest BCUT2D eigenvalue weighted by Crippen LogP contribution is -2.37. The normalized spacial score (nSPS) is 15.4. The predicted octanol–water partition coefficient (Wildman–Crippen LogP) is 2.90. The molecule has 24 heavy (non-hydrogen) atoms. The molecule has 1 aliphatic rings. The molecule has 2 heterocycles. The Hall–Kier alpha value is -2.08. The third-order valence-corrected chi connectivity index (χ3v) is 4.19. The SMILES string of the molecule is CC(C)(C)c1nc2c(c(=O)[nH]1)CN(Cc1cc(F)cc(F)c1)CC2. The minimum atomic E-state index is -0.586. The number of aromatic nitrogens is 2. The number of hydrogen-bond donors (Lipinski definition) is 1. The first kappa shape index (κ1) is 16.8. The van der Waals surface area contributed by atoms with Gasteiger partial charge in [0, 0.05) is 37.5 Å². The maximum absolute atomic E-state index is 13.3. The van der Waals surface area contributed by atoms with Crippen LogP contribution in [-0.2, 0) is 24.9 Å². The van der Waals surface area contributed by atoms with Crippen LogP contribution in [-0.4, -0.2) is 21.4 Å². The van der Waals surface area contributed by atoms with E-state index in [0.717, 1.165) is 11.8 Å². The number of aromatic amines is 1. The van der Waals surface area contributed by atoms with Crippen LogP contribution in [0.5, 0.6) is 0 Å². The molecule has 0 aliphatic carbocycles. The first-order valence-electron chi connectivity index (χ1n) is 8.02. The summed E-state index contributed by atoms with van der Waals surface area (Å²) in [6.07, 6.45) is 0.653. The summed E-state index contributed by atoms with van der Waals surface area (Å²) in [4.78, 5) is 21.9. The van der Waals surface area contributed by atoms with Gasteiger partial charge in [-0.05, 0) is 17.7 Å². The van der Waals surface area contributed by atoms with E-state index in [9.17, 15) is 13.6 Å². The molecule has 0 atom stereocenters. The fraction of sp³-hybridized carbons (Fsp3) is 0.444. The van der Waals surface area contributed by atoms with Crippen LogP contribution in [0.1, 0.15) is 43.4 Å². The molecule has 1 aromatic heterocycles. The number of nitrogens with one attached hydrogen (secondary N) is 1. The van der Waals surface area contributed by atoms with Gasteiger partial charge in [-0.25, -0.2) is 13.8 Å². The topological polar surface area (TPSA) is 49.0 Å². The van der Waals surface area contributed by atoms with Crippen molar-refractivity contribution < 1.29 is 8.78 Å². The zero-order valence-electron chi connectivity index (χ0n) is 14.1.